The molecule has 1 saturated carbocycles. The van der Waals surface area contributed by atoms with Crippen molar-refractivity contribution in [2.45, 2.75) is 46.1 Å². The van der Waals surface area contributed by atoms with E-state index in [2.05, 4.69) is 20.4 Å². The largest absolute Gasteiger partial charge is 0.352 e. The Morgan fingerprint density at radius 1 is 1.12 bits per heavy atom. The lowest BCUT2D eigenvalue weighted by atomic mass is 10.1. The molecule has 0 aromatic carbocycles. The number of aromatic nitrogens is 4. The molecule has 0 aliphatic heterocycles. The normalized spacial score (nSPS) is 13.8. The molecule has 8 heteroatoms. The van der Waals surface area contributed by atoms with Gasteiger partial charge in [0.1, 0.15) is 0 Å². The maximum atomic E-state index is 12.7. The first kappa shape index (κ1) is 22.6. The number of carbonyl (C=O) groups is 2. The quantitative estimate of drug-likeness (QED) is 0.599. The van der Waals surface area contributed by atoms with Gasteiger partial charge in [-0.05, 0) is 56.5 Å². The third kappa shape index (κ3) is 5.10. The van der Waals surface area contributed by atoms with E-state index < -0.39 is 0 Å². The van der Waals surface area contributed by atoms with E-state index >= 15 is 0 Å². The summed E-state index contributed by atoms with van der Waals surface area (Å²) >= 11 is 0. The van der Waals surface area contributed by atoms with Crippen molar-refractivity contribution < 1.29 is 9.59 Å². The van der Waals surface area contributed by atoms with Gasteiger partial charge in [-0.25, -0.2) is 4.68 Å². The lowest BCUT2D eigenvalue weighted by Gasteiger charge is -2.11. The van der Waals surface area contributed by atoms with Crippen LogP contribution in [-0.2, 0) is 11.3 Å². The van der Waals surface area contributed by atoms with Crippen molar-refractivity contribution in [3.05, 3.63) is 59.7 Å². The summed E-state index contributed by atoms with van der Waals surface area (Å²) in [7, 11) is 1.75. The minimum absolute atomic E-state index is 0.129. The van der Waals surface area contributed by atoms with Gasteiger partial charge in [-0.2, -0.15) is 5.10 Å². The van der Waals surface area contributed by atoms with E-state index in [1.165, 1.54) is 0 Å². The van der Waals surface area contributed by atoms with Crippen LogP contribution in [0.5, 0.6) is 0 Å². The molecule has 1 aliphatic rings. The highest BCUT2D eigenvalue weighted by atomic mass is 16.2. The fourth-order valence-corrected chi connectivity index (χ4v) is 3.99. The summed E-state index contributed by atoms with van der Waals surface area (Å²) in [6, 6.07) is 9.43. The van der Waals surface area contributed by atoms with Crippen molar-refractivity contribution in [3.8, 4) is 17.1 Å². The Bertz CT molecular complexity index is 1110. The second kappa shape index (κ2) is 9.94. The molecule has 8 nitrogen and oxygen atoms in total. The average molecular weight is 447 g/mol. The van der Waals surface area contributed by atoms with E-state index in [-0.39, 0.29) is 17.7 Å². The van der Waals surface area contributed by atoms with Crippen LogP contribution in [-0.4, -0.2) is 50.1 Å². The molecule has 3 heterocycles. The van der Waals surface area contributed by atoms with Crippen LogP contribution >= 0.6 is 0 Å². The zero-order chi connectivity index (χ0) is 23.4. The van der Waals surface area contributed by atoms with E-state index in [0.29, 0.717) is 30.2 Å². The van der Waals surface area contributed by atoms with Crippen LogP contribution in [0.15, 0.2) is 42.7 Å². The molecule has 0 unspecified atom stereocenters. The summed E-state index contributed by atoms with van der Waals surface area (Å²) in [5, 5.41) is 7.60. The van der Waals surface area contributed by atoms with Gasteiger partial charge < -0.3 is 10.2 Å². The first-order valence-corrected chi connectivity index (χ1v) is 11.5. The molecular weight excluding hydrogens is 416 g/mol. The van der Waals surface area contributed by atoms with Gasteiger partial charge in [0.2, 0.25) is 5.91 Å². The van der Waals surface area contributed by atoms with Gasteiger partial charge in [-0.1, -0.05) is 18.9 Å². The molecule has 0 spiro atoms. The zero-order valence-electron chi connectivity index (χ0n) is 19.4. The molecule has 4 rings (SSSR count). The maximum absolute atomic E-state index is 12.7. The van der Waals surface area contributed by atoms with Crippen LogP contribution in [0, 0.1) is 12.8 Å². The van der Waals surface area contributed by atoms with E-state index in [1.807, 2.05) is 38.1 Å². The molecule has 0 bridgehead atoms. The number of rotatable bonds is 7. The smallest absolute Gasteiger partial charge is 0.274 e. The highest BCUT2D eigenvalue weighted by molar-refractivity contribution is 5.93. The number of carbonyl (C=O) groups excluding carboxylic acids is 2. The lowest BCUT2D eigenvalue weighted by molar-refractivity contribution is -0.124. The number of hydrogen-bond acceptors (Lipinski definition) is 5. The highest BCUT2D eigenvalue weighted by Gasteiger charge is 2.22. The molecule has 2 amide bonds. The second-order valence-electron chi connectivity index (χ2n) is 8.55. The molecular formula is C25H30N6O2. The molecule has 0 radical (unpaired) electrons. The van der Waals surface area contributed by atoms with Gasteiger partial charge in [0.15, 0.2) is 5.69 Å². The number of nitrogens with zero attached hydrogens (tertiary/aromatic N) is 5. The van der Waals surface area contributed by atoms with Crippen LogP contribution in [0.1, 0.15) is 54.4 Å². The fraction of sp³-hybridized carbons (Fsp3) is 0.400. The van der Waals surface area contributed by atoms with Gasteiger partial charge in [0.05, 0.1) is 23.3 Å². The Hall–Kier alpha value is -3.55. The number of hydrogen-bond donors (Lipinski definition) is 1. The molecule has 1 N–H and O–H groups in total. The Morgan fingerprint density at radius 2 is 1.91 bits per heavy atom. The number of nitrogens with one attached hydrogen (secondary N) is 1. The topological polar surface area (TPSA) is 93.0 Å². The summed E-state index contributed by atoms with van der Waals surface area (Å²) in [5.74, 6) is 0.125. The van der Waals surface area contributed by atoms with Crippen LogP contribution in [0.3, 0.4) is 0 Å². The van der Waals surface area contributed by atoms with Crippen LogP contribution < -0.4 is 5.32 Å². The monoisotopic (exact) mass is 446 g/mol. The zero-order valence-corrected chi connectivity index (χ0v) is 19.4. The van der Waals surface area contributed by atoms with E-state index in [9.17, 15) is 9.59 Å². The average Bonchev–Trinajstić information content (AvgIpc) is 3.53. The van der Waals surface area contributed by atoms with Gasteiger partial charge in [-0.3, -0.25) is 19.6 Å². The molecule has 3 aromatic heterocycles. The van der Waals surface area contributed by atoms with Crippen molar-refractivity contribution in [1.29, 1.82) is 0 Å². The molecule has 172 valence electrons. The van der Waals surface area contributed by atoms with E-state index in [1.54, 1.807) is 35.1 Å². The summed E-state index contributed by atoms with van der Waals surface area (Å²) in [6.07, 6.45) is 7.73. The molecule has 33 heavy (non-hydrogen) atoms. The number of aryl methyl sites for hydroxylation is 1. The minimum atomic E-state index is -0.149. The van der Waals surface area contributed by atoms with Gasteiger partial charge >= 0.3 is 0 Å². The van der Waals surface area contributed by atoms with Crippen molar-refractivity contribution in [3.63, 3.8) is 0 Å². The van der Waals surface area contributed by atoms with Gasteiger partial charge in [0.25, 0.3) is 5.91 Å². The van der Waals surface area contributed by atoms with E-state index in [4.69, 9.17) is 0 Å². The SMILES string of the molecule is CCN(C)C(=O)c1cc(-c2ccc(CNC(=O)C3CCCC3)cn2)n(-c2ccc(C)nc2)n1. The predicted molar refractivity (Wildman–Crippen MR) is 126 cm³/mol. The maximum Gasteiger partial charge on any atom is 0.274 e. The number of pyridine rings is 2. The van der Waals surface area contributed by atoms with Gasteiger partial charge in [-0.15, -0.1) is 0 Å². The minimum Gasteiger partial charge on any atom is -0.352 e. The Kier molecular flexibility index (Phi) is 6.82. The third-order valence-corrected chi connectivity index (χ3v) is 6.17. The Labute approximate surface area is 194 Å². The first-order valence-electron chi connectivity index (χ1n) is 11.5. The van der Waals surface area contributed by atoms with Crippen LogP contribution in [0.4, 0.5) is 0 Å². The summed E-state index contributed by atoms with van der Waals surface area (Å²) in [6.45, 7) is 4.89. The Morgan fingerprint density at radius 3 is 2.55 bits per heavy atom. The lowest BCUT2D eigenvalue weighted by Crippen LogP contribution is -2.28. The predicted octanol–water partition coefficient (Wildman–Crippen LogP) is 3.54. The Balaban J connectivity index is 1.58. The van der Waals surface area contributed by atoms with Crippen molar-refractivity contribution in [2.75, 3.05) is 13.6 Å². The first-order chi connectivity index (χ1) is 16.0. The van der Waals surface area contributed by atoms with Crippen LogP contribution in [0.2, 0.25) is 0 Å². The second-order valence-corrected chi connectivity index (χ2v) is 8.55. The standard InChI is InChI=1S/C25H30N6O2/c1-4-30(3)25(33)22-13-23(31(29-22)20-11-9-17(2)26-16-20)21-12-10-18(14-27-21)15-28-24(32)19-7-5-6-8-19/h9-14,16,19H,4-8,15H2,1-3H3,(H,28,32). The fourth-order valence-electron chi connectivity index (χ4n) is 3.99. The van der Waals surface area contributed by atoms with Crippen molar-refractivity contribution >= 4 is 11.8 Å². The molecule has 0 saturated heterocycles. The molecule has 0 atom stereocenters. The third-order valence-electron chi connectivity index (χ3n) is 6.17. The van der Waals surface area contributed by atoms with E-state index in [0.717, 1.165) is 42.6 Å². The molecule has 1 aliphatic carbocycles. The summed E-state index contributed by atoms with van der Waals surface area (Å²) < 4.78 is 1.70. The number of amides is 2. The van der Waals surface area contributed by atoms with Crippen LogP contribution in [0.25, 0.3) is 17.1 Å². The highest BCUT2D eigenvalue weighted by Crippen LogP contribution is 2.25. The molecule has 3 aromatic rings. The molecule has 1 fully saturated rings. The van der Waals surface area contributed by atoms with Crippen molar-refractivity contribution in [1.82, 2.24) is 30.0 Å². The van der Waals surface area contributed by atoms with Gasteiger partial charge in [0, 0.05) is 37.9 Å². The summed E-state index contributed by atoms with van der Waals surface area (Å²) in [4.78, 5) is 35.6. The summed E-state index contributed by atoms with van der Waals surface area (Å²) in [5.41, 5.74) is 4.32. The van der Waals surface area contributed by atoms with Crippen molar-refractivity contribution in [2.24, 2.45) is 5.92 Å².